The van der Waals surface area contributed by atoms with Gasteiger partial charge in [-0.15, -0.1) is 0 Å². The summed E-state index contributed by atoms with van der Waals surface area (Å²) in [6.45, 7) is 1.80. The molecule has 0 unspecified atom stereocenters. The van der Waals surface area contributed by atoms with Crippen LogP contribution >= 0.6 is 11.3 Å². The molecule has 0 aliphatic heterocycles. The summed E-state index contributed by atoms with van der Waals surface area (Å²) < 4.78 is 0. The number of thiophene rings is 1. The molecule has 0 radical (unpaired) electrons. The highest BCUT2D eigenvalue weighted by atomic mass is 32.1. The normalized spacial score (nSPS) is 9.95. The highest BCUT2D eigenvalue weighted by Gasteiger charge is 2.06. The topological polar surface area (TPSA) is 58.2 Å². The number of nitrogens with one attached hydrogen (secondary N) is 2. The summed E-state index contributed by atoms with van der Waals surface area (Å²) in [6.07, 6.45) is 0.441. The van der Waals surface area contributed by atoms with Crippen molar-refractivity contribution >= 4 is 34.5 Å². The Morgan fingerprint density at radius 2 is 1.68 bits per heavy atom. The summed E-state index contributed by atoms with van der Waals surface area (Å²) in [5, 5.41) is 9.20. The minimum atomic E-state index is -0.133. The van der Waals surface area contributed by atoms with Crippen molar-refractivity contribution in [2.75, 3.05) is 10.6 Å². The van der Waals surface area contributed by atoms with Crippen molar-refractivity contribution < 1.29 is 9.59 Å². The van der Waals surface area contributed by atoms with E-state index in [4.69, 9.17) is 0 Å². The SMILES string of the molecule is CCC(=O)Nc1ccc(NC(=O)c2ccsc2)cc1. The van der Waals surface area contributed by atoms with Crippen LogP contribution in [0.4, 0.5) is 11.4 Å². The Hall–Kier alpha value is -2.14. The number of rotatable bonds is 4. The molecule has 2 rings (SSSR count). The van der Waals surface area contributed by atoms with Crippen LogP contribution in [-0.2, 0) is 4.79 Å². The Morgan fingerprint density at radius 1 is 1.05 bits per heavy atom. The molecule has 5 heteroatoms. The first-order valence-corrected chi connectivity index (χ1v) is 6.87. The van der Waals surface area contributed by atoms with Gasteiger partial charge in [-0.2, -0.15) is 11.3 Å². The summed E-state index contributed by atoms with van der Waals surface area (Å²) in [7, 11) is 0. The van der Waals surface area contributed by atoms with Gasteiger partial charge in [0.25, 0.3) is 5.91 Å². The zero-order chi connectivity index (χ0) is 13.7. The highest BCUT2D eigenvalue weighted by molar-refractivity contribution is 7.08. The zero-order valence-corrected chi connectivity index (χ0v) is 11.3. The summed E-state index contributed by atoms with van der Waals surface area (Å²) in [5.74, 6) is -0.165. The predicted molar refractivity (Wildman–Crippen MR) is 77.6 cm³/mol. The predicted octanol–water partition coefficient (Wildman–Crippen LogP) is 3.35. The Labute approximate surface area is 115 Å². The van der Waals surface area contributed by atoms with Crippen molar-refractivity contribution in [1.82, 2.24) is 0 Å². The molecular weight excluding hydrogens is 260 g/mol. The molecule has 0 aliphatic rings. The molecule has 0 fully saturated rings. The van der Waals surface area contributed by atoms with E-state index in [1.54, 1.807) is 42.6 Å². The van der Waals surface area contributed by atoms with Crippen LogP contribution in [0.5, 0.6) is 0 Å². The minimum Gasteiger partial charge on any atom is -0.326 e. The van der Waals surface area contributed by atoms with E-state index in [2.05, 4.69) is 10.6 Å². The first kappa shape index (κ1) is 13.3. The molecule has 2 aromatic rings. The second kappa shape index (κ2) is 6.15. The molecule has 0 saturated heterocycles. The average molecular weight is 274 g/mol. The van der Waals surface area contributed by atoms with Crippen LogP contribution in [0.3, 0.4) is 0 Å². The van der Waals surface area contributed by atoms with E-state index in [1.807, 2.05) is 5.38 Å². The van der Waals surface area contributed by atoms with Crippen molar-refractivity contribution in [1.29, 1.82) is 0 Å². The average Bonchev–Trinajstić information content (AvgIpc) is 2.95. The number of hydrogen-bond donors (Lipinski definition) is 2. The molecular formula is C14H14N2O2S. The monoisotopic (exact) mass is 274 g/mol. The zero-order valence-electron chi connectivity index (χ0n) is 10.5. The molecule has 98 valence electrons. The van der Waals surface area contributed by atoms with E-state index in [0.717, 1.165) is 5.69 Å². The van der Waals surface area contributed by atoms with Crippen LogP contribution in [0.1, 0.15) is 23.7 Å². The van der Waals surface area contributed by atoms with Crippen LogP contribution in [0.15, 0.2) is 41.1 Å². The minimum absolute atomic E-state index is 0.0324. The lowest BCUT2D eigenvalue weighted by molar-refractivity contribution is -0.115. The standard InChI is InChI=1S/C14H14N2O2S/c1-2-13(17)15-11-3-5-12(6-4-11)16-14(18)10-7-8-19-9-10/h3-9H,2H2,1H3,(H,15,17)(H,16,18). The number of amides is 2. The molecule has 1 aromatic carbocycles. The number of carbonyl (C=O) groups excluding carboxylic acids is 2. The van der Waals surface area contributed by atoms with Crippen molar-refractivity contribution in [2.45, 2.75) is 13.3 Å². The fourth-order valence-electron chi connectivity index (χ4n) is 1.48. The van der Waals surface area contributed by atoms with Gasteiger partial charge < -0.3 is 10.6 Å². The smallest absolute Gasteiger partial charge is 0.256 e. The third-order valence-corrected chi connectivity index (χ3v) is 3.21. The Kier molecular flexibility index (Phi) is 4.30. The maximum Gasteiger partial charge on any atom is 0.256 e. The molecule has 0 atom stereocenters. The van der Waals surface area contributed by atoms with Gasteiger partial charge >= 0.3 is 0 Å². The van der Waals surface area contributed by atoms with E-state index in [1.165, 1.54) is 11.3 Å². The van der Waals surface area contributed by atoms with E-state index in [9.17, 15) is 9.59 Å². The molecule has 0 spiro atoms. The first-order valence-electron chi connectivity index (χ1n) is 5.92. The van der Waals surface area contributed by atoms with Gasteiger partial charge in [0.15, 0.2) is 0 Å². The van der Waals surface area contributed by atoms with Gasteiger partial charge in [-0.05, 0) is 35.7 Å². The molecule has 19 heavy (non-hydrogen) atoms. The van der Waals surface area contributed by atoms with Gasteiger partial charge in [0.05, 0.1) is 5.56 Å². The van der Waals surface area contributed by atoms with Crippen molar-refractivity contribution in [3.05, 3.63) is 46.7 Å². The fourth-order valence-corrected chi connectivity index (χ4v) is 2.12. The van der Waals surface area contributed by atoms with E-state index >= 15 is 0 Å². The second-order valence-electron chi connectivity index (χ2n) is 3.95. The molecule has 1 aromatic heterocycles. The highest BCUT2D eigenvalue weighted by Crippen LogP contribution is 2.15. The van der Waals surface area contributed by atoms with E-state index < -0.39 is 0 Å². The summed E-state index contributed by atoms with van der Waals surface area (Å²) in [5.41, 5.74) is 2.07. The maximum absolute atomic E-state index is 11.8. The Morgan fingerprint density at radius 3 is 2.21 bits per heavy atom. The Bertz CT molecular complexity index is 562. The van der Waals surface area contributed by atoms with Crippen molar-refractivity contribution in [3.63, 3.8) is 0 Å². The molecule has 2 N–H and O–H groups in total. The van der Waals surface area contributed by atoms with E-state index in [-0.39, 0.29) is 11.8 Å². The van der Waals surface area contributed by atoms with Gasteiger partial charge in [0, 0.05) is 23.2 Å². The number of carbonyl (C=O) groups is 2. The van der Waals surface area contributed by atoms with Gasteiger partial charge in [0.2, 0.25) is 5.91 Å². The fraction of sp³-hybridized carbons (Fsp3) is 0.143. The van der Waals surface area contributed by atoms with Crippen LogP contribution in [-0.4, -0.2) is 11.8 Å². The van der Waals surface area contributed by atoms with E-state index in [0.29, 0.717) is 17.7 Å². The Balaban J connectivity index is 1.99. The van der Waals surface area contributed by atoms with Crippen molar-refractivity contribution in [3.8, 4) is 0 Å². The van der Waals surface area contributed by atoms with Crippen LogP contribution in [0, 0.1) is 0 Å². The molecule has 1 heterocycles. The maximum atomic E-state index is 11.8. The van der Waals surface area contributed by atoms with Gasteiger partial charge in [-0.3, -0.25) is 9.59 Å². The summed E-state index contributed by atoms with van der Waals surface area (Å²) in [4.78, 5) is 23.0. The lowest BCUT2D eigenvalue weighted by Gasteiger charge is -2.06. The second-order valence-corrected chi connectivity index (χ2v) is 4.73. The summed E-state index contributed by atoms with van der Waals surface area (Å²) in [6, 6.07) is 8.81. The number of benzene rings is 1. The third-order valence-electron chi connectivity index (χ3n) is 2.53. The van der Waals surface area contributed by atoms with Crippen LogP contribution < -0.4 is 10.6 Å². The van der Waals surface area contributed by atoms with Crippen LogP contribution in [0.2, 0.25) is 0 Å². The third kappa shape index (κ3) is 3.66. The largest absolute Gasteiger partial charge is 0.326 e. The number of hydrogen-bond acceptors (Lipinski definition) is 3. The van der Waals surface area contributed by atoms with Gasteiger partial charge in [-0.25, -0.2) is 0 Å². The lowest BCUT2D eigenvalue weighted by Crippen LogP contribution is -2.11. The van der Waals surface area contributed by atoms with Gasteiger partial charge in [0.1, 0.15) is 0 Å². The van der Waals surface area contributed by atoms with Gasteiger partial charge in [-0.1, -0.05) is 6.92 Å². The quantitative estimate of drug-likeness (QED) is 0.898. The van der Waals surface area contributed by atoms with Crippen molar-refractivity contribution in [2.24, 2.45) is 0 Å². The van der Waals surface area contributed by atoms with Crippen LogP contribution in [0.25, 0.3) is 0 Å². The lowest BCUT2D eigenvalue weighted by atomic mass is 10.2. The molecule has 0 saturated carbocycles. The number of anilines is 2. The molecule has 2 amide bonds. The molecule has 0 bridgehead atoms. The first-order chi connectivity index (χ1) is 9.19. The molecule has 4 nitrogen and oxygen atoms in total. The molecule has 0 aliphatic carbocycles. The summed E-state index contributed by atoms with van der Waals surface area (Å²) >= 11 is 1.48.